The lowest BCUT2D eigenvalue weighted by Crippen LogP contribution is -2.29. The first kappa shape index (κ1) is 24.2. The van der Waals surface area contributed by atoms with Crippen LogP contribution in [0.15, 0.2) is 60.2 Å². The summed E-state index contributed by atoms with van der Waals surface area (Å²) in [7, 11) is 1.26. The number of nitrogens with zero attached hydrogens (tertiary/aromatic N) is 2. The zero-order valence-corrected chi connectivity index (χ0v) is 20.3. The van der Waals surface area contributed by atoms with Crippen LogP contribution in [0.25, 0.3) is 5.76 Å². The number of rotatable bonds is 7. The summed E-state index contributed by atoms with van der Waals surface area (Å²) >= 11 is 0.959. The number of ketones is 1. The number of methoxy groups -OCH3 is 1. The van der Waals surface area contributed by atoms with Gasteiger partial charge in [-0.05, 0) is 43.2 Å². The van der Waals surface area contributed by atoms with Gasteiger partial charge in [-0.1, -0.05) is 48.6 Å². The van der Waals surface area contributed by atoms with Crippen LogP contribution in [0.2, 0.25) is 0 Å². The fourth-order valence-electron chi connectivity index (χ4n) is 3.83. The topological polar surface area (TPSA) is 106 Å². The molecule has 1 aliphatic heterocycles. The Kier molecular flexibility index (Phi) is 6.97. The van der Waals surface area contributed by atoms with Gasteiger partial charge in [0.25, 0.3) is 5.78 Å². The quantitative estimate of drug-likeness (QED) is 0.221. The molecule has 1 saturated heterocycles. The molecular weight excluding hydrogens is 468 g/mol. The number of aromatic nitrogens is 1. The van der Waals surface area contributed by atoms with E-state index in [4.69, 9.17) is 9.47 Å². The van der Waals surface area contributed by atoms with E-state index in [1.54, 1.807) is 55.5 Å². The third kappa shape index (κ3) is 4.54. The first-order valence-electron chi connectivity index (χ1n) is 11.0. The van der Waals surface area contributed by atoms with E-state index in [1.165, 1.54) is 12.0 Å². The molecule has 180 valence electrons. The molecule has 1 amide bonds. The number of thiazole rings is 1. The number of Topliss-reactive ketones (excluding diaryl/α,β-unsaturated/α-hetero) is 1. The Morgan fingerprint density at radius 2 is 1.80 bits per heavy atom. The van der Waals surface area contributed by atoms with Crippen LogP contribution in [0.3, 0.4) is 0 Å². The number of carbonyl (C=O) groups is 3. The van der Waals surface area contributed by atoms with Crippen LogP contribution >= 0.6 is 11.3 Å². The minimum atomic E-state index is -0.928. The van der Waals surface area contributed by atoms with Crippen molar-refractivity contribution in [3.63, 3.8) is 0 Å². The van der Waals surface area contributed by atoms with Crippen molar-refractivity contribution in [1.82, 2.24) is 4.98 Å². The highest BCUT2D eigenvalue weighted by Gasteiger charge is 2.48. The summed E-state index contributed by atoms with van der Waals surface area (Å²) in [4.78, 5) is 44.4. The van der Waals surface area contributed by atoms with E-state index in [0.717, 1.165) is 17.8 Å². The number of amides is 1. The van der Waals surface area contributed by atoms with E-state index in [9.17, 15) is 19.5 Å². The van der Waals surface area contributed by atoms with E-state index < -0.39 is 23.7 Å². The van der Waals surface area contributed by atoms with Gasteiger partial charge in [0, 0.05) is 5.56 Å². The standard InChI is InChI=1S/C26H24N2O6S/c1-4-14-34-18-12-10-17(11-13-18)21(29)19-20(16-8-6-5-7-9-16)28(24(31)22(19)30)26-27-15(2)23(35-26)25(32)33-3/h5-13,20,29H,4,14H2,1-3H3/b21-19+. The highest BCUT2D eigenvalue weighted by Crippen LogP contribution is 2.43. The van der Waals surface area contributed by atoms with Gasteiger partial charge in [-0.3, -0.25) is 14.5 Å². The van der Waals surface area contributed by atoms with E-state index in [1.807, 2.05) is 13.0 Å². The molecule has 2 heterocycles. The first-order chi connectivity index (χ1) is 16.9. The number of hydrogen-bond donors (Lipinski definition) is 1. The van der Waals surface area contributed by atoms with E-state index in [0.29, 0.717) is 29.2 Å². The second kappa shape index (κ2) is 10.1. The largest absolute Gasteiger partial charge is 0.507 e. The summed E-state index contributed by atoms with van der Waals surface area (Å²) in [6.45, 7) is 4.19. The van der Waals surface area contributed by atoms with E-state index in [2.05, 4.69) is 4.98 Å². The molecule has 1 atom stereocenters. The van der Waals surface area contributed by atoms with Gasteiger partial charge < -0.3 is 14.6 Å². The zero-order valence-electron chi connectivity index (χ0n) is 19.5. The molecule has 1 unspecified atom stereocenters. The predicted molar refractivity (Wildman–Crippen MR) is 132 cm³/mol. The molecule has 1 N–H and O–H groups in total. The van der Waals surface area contributed by atoms with Gasteiger partial charge in [-0.2, -0.15) is 0 Å². The van der Waals surface area contributed by atoms with Crippen molar-refractivity contribution in [2.45, 2.75) is 26.3 Å². The second-order valence-corrected chi connectivity index (χ2v) is 8.83. The number of hydrogen-bond acceptors (Lipinski definition) is 8. The highest BCUT2D eigenvalue weighted by atomic mass is 32.1. The summed E-state index contributed by atoms with van der Waals surface area (Å²) in [6, 6.07) is 14.6. The maximum atomic E-state index is 13.2. The first-order valence-corrected chi connectivity index (χ1v) is 11.8. The number of aliphatic hydroxyl groups is 1. The average Bonchev–Trinajstić information content (AvgIpc) is 3.39. The highest BCUT2D eigenvalue weighted by molar-refractivity contribution is 7.17. The van der Waals surface area contributed by atoms with E-state index in [-0.39, 0.29) is 21.3 Å². The molecular formula is C26H24N2O6S. The third-order valence-electron chi connectivity index (χ3n) is 5.52. The Labute approximate surface area is 206 Å². The summed E-state index contributed by atoms with van der Waals surface area (Å²) in [5, 5.41) is 11.4. The zero-order chi connectivity index (χ0) is 25.1. The van der Waals surface area contributed by atoms with Crippen molar-refractivity contribution in [1.29, 1.82) is 0 Å². The maximum absolute atomic E-state index is 13.2. The summed E-state index contributed by atoms with van der Waals surface area (Å²) < 4.78 is 10.4. The SMILES string of the molecule is CCCOc1ccc(/C(O)=C2\C(=O)C(=O)N(c3nc(C)c(C(=O)OC)s3)C2c2ccccc2)cc1. The third-order valence-corrected chi connectivity index (χ3v) is 6.66. The van der Waals surface area contributed by atoms with Crippen molar-refractivity contribution in [2.24, 2.45) is 0 Å². The van der Waals surface area contributed by atoms with Gasteiger partial charge in [-0.25, -0.2) is 9.78 Å². The molecule has 0 spiro atoms. The van der Waals surface area contributed by atoms with Crippen LogP contribution in [0.5, 0.6) is 5.75 Å². The van der Waals surface area contributed by atoms with Crippen molar-refractivity contribution in [2.75, 3.05) is 18.6 Å². The molecule has 0 bridgehead atoms. The Morgan fingerprint density at radius 1 is 1.11 bits per heavy atom. The lowest BCUT2D eigenvalue weighted by molar-refractivity contribution is -0.132. The van der Waals surface area contributed by atoms with Gasteiger partial charge in [0.05, 0.1) is 31.0 Å². The van der Waals surface area contributed by atoms with Gasteiger partial charge >= 0.3 is 11.9 Å². The Balaban J connectivity index is 1.84. The molecule has 35 heavy (non-hydrogen) atoms. The van der Waals surface area contributed by atoms with Crippen molar-refractivity contribution >= 4 is 39.9 Å². The van der Waals surface area contributed by atoms with Crippen LogP contribution in [0.1, 0.15) is 45.9 Å². The molecule has 2 aromatic carbocycles. The molecule has 0 radical (unpaired) electrons. The Hall–Kier alpha value is -3.98. The van der Waals surface area contributed by atoms with Crippen LogP contribution < -0.4 is 9.64 Å². The normalized spacial score (nSPS) is 17.0. The van der Waals surface area contributed by atoms with Crippen LogP contribution in [0.4, 0.5) is 5.13 Å². The fourth-order valence-corrected chi connectivity index (χ4v) is 4.84. The van der Waals surface area contributed by atoms with Gasteiger partial charge in [0.2, 0.25) is 0 Å². The monoisotopic (exact) mass is 492 g/mol. The van der Waals surface area contributed by atoms with Crippen LogP contribution in [-0.4, -0.2) is 41.5 Å². The fraction of sp³-hybridized carbons (Fsp3) is 0.231. The van der Waals surface area contributed by atoms with Crippen molar-refractivity contribution < 1.29 is 29.0 Å². The summed E-state index contributed by atoms with van der Waals surface area (Å²) in [6.07, 6.45) is 0.857. The molecule has 1 aliphatic rings. The number of benzene rings is 2. The molecule has 8 nitrogen and oxygen atoms in total. The minimum absolute atomic E-state index is 0.0594. The molecule has 9 heteroatoms. The van der Waals surface area contributed by atoms with Crippen molar-refractivity contribution in [3.05, 3.63) is 81.9 Å². The number of ether oxygens (including phenoxy) is 2. The molecule has 0 aliphatic carbocycles. The Bertz CT molecular complexity index is 1300. The molecule has 1 fully saturated rings. The Morgan fingerprint density at radius 3 is 2.43 bits per heavy atom. The van der Waals surface area contributed by atoms with Gasteiger partial charge in [0.15, 0.2) is 5.13 Å². The smallest absolute Gasteiger partial charge is 0.350 e. The number of carbonyl (C=O) groups excluding carboxylic acids is 3. The van der Waals surface area contributed by atoms with Gasteiger partial charge in [-0.15, -0.1) is 0 Å². The number of anilines is 1. The van der Waals surface area contributed by atoms with Crippen molar-refractivity contribution in [3.8, 4) is 5.75 Å². The number of aliphatic hydroxyl groups excluding tert-OH is 1. The maximum Gasteiger partial charge on any atom is 0.350 e. The minimum Gasteiger partial charge on any atom is -0.507 e. The lowest BCUT2D eigenvalue weighted by Gasteiger charge is -2.23. The van der Waals surface area contributed by atoms with E-state index >= 15 is 0 Å². The molecule has 4 rings (SSSR count). The average molecular weight is 493 g/mol. The second-order valence-electron chi connectivity index (χ2n) is 7.86. The predicted octanol–water partition coefficient (Wildman–Crippen LogP) is 4.65. The number of aryl methyl sites for hydroxylation is 1. The molecule has 3 aromatic rings. The summed E-state index contributed by atoms with van der Waals surface area (Å²) in [5.41, 5.74) is 1.31. The van der Waals surface area contributed by atoms with Crippen LogP contribution in [-0.2, 0) is 14.3 Å². The lowest BCUT2D eigenvalue weighted by atomic mass is 9.95. The molecule has 0 saturated carbocycles. The molecule has 1 aromatic heterocycles. The summed E-state index contributed by atoms with van der Waals surface area (Å²) in [5.74, 6) is -1.92. The van der Waals surface area contributed by atoms with Gasteiger partial charge in [0.1, 0.15) is 16.4 Å². The number of esters is 1. The van der Waals surface area contributed by atoms with Crippen LogP contribution in [0, 0.1) is 6.92 Å².